The molecule has 0 saturated carbocycles. The SMILES string of the molecule is Cc1ncc(-c2ccc(NC(=O)CCC3CCNCC3)cc2)o1. The van der Waals surface area contributed by atoms with Gasteiger partial charge in [0.1, 0.15) is 0 Å². The number of amides is 1. The zero-order valence-corrected chi connectivity index (χ0v) is 13.5. The number of hydrogen-bond donors (Lipinski definition) is 2. The molecule has 1 aromatic heterocycles. The van der Waals surface area contributed by atoms with Gasteiger partial charge in [-0.2, -0.15) is 0 Å². The predicted octanol–water partition coefficient (Wildman–Crippen LogP) is 3.37. The van der Waals surface area contributed by atoms with E-state index in [1.165, 1.54) is 12.8 Å². The van der Waals surface area contributed by atoms with Crippen LogP contribution in [0.2, 0.25) is 0 Å². The van der Waals surface area contributed by atoms with Crippen molar-refractivity contribution in [2.75, 3.05) is 18.4 Å². The first-order valence-corrected chi connectivity index (χ1v) is 8.24. The molecule has 122 valence electrons. The minimum atomic E-state index is 0.0896. The molecule has 5 heteroatoms. The Bertz CT molecular complexity index is 643. The molecule has 3 rings (SSSR count). The molecule has 0 atom stereocenters. The van der Waals surface area contributed by atoms with E-state index in [2.05, 4.69) is 15.6 Å². The molecule has 1 aromatic carbocycles. The monoisotopic (exact) mass is 313 g/mol. The van der Waals surface area contributed by atoms with E-state index >= 15 is 0 Å². The van der Waals surface area contributed by atoms with E-state index in [1.54, 1.807) is 6.20 Å². The van der Waals surface area contributed by atoms with E-state index in [0.717, 1.165) is 36.5 Å². The van der Waals surface area contributed by atoms with Gasteiger partial charge >= 0.3 is 0 Å². The molecule has 0 radical (unpaired) electrons. The van der Waals surface area contributed by atoms with Crippen LogP contribution < -0.4 is 10.6 Å². The topological polar surface area (TPSA) is 67.2 Å². The van der Waals surface area contributed by atoms with Crippen LogP contribution >= 0.6 is 0 Å². The maximum atomic E-state index is 12.1. The summed E-state index contributed by atoms with van der Waals surface area (Å²) in [5.41, 5.74) is 1.78. The van der Waals surface area contributed by atoms with Gasteiger partial charge in [-0.15, -0.1) is 0 Å². The van der Waals surface area contributed by atoms with E-state index in [-0.39, 0.29) is 5.91 Å². The highest BCUT2D eigenvalue weighted by Gasteiger charge is 2.14. The van der Waals surface area contributed by atoms with Crippen molar-refractivity contribution in [2.45, 2.75) is 32.6 Å². The standard InChI is InChI=1S/C18H23N3O2/c1-13-20-12-17(23-13)15-3-5-16(6-4-15)21-18(22)7-2-14-8-10-19-11-9-14/h3-6,12,14,19H,2,7-11H2,1H3,(H,21,22). The molecule has 23 heavy (non-hydrogen) atoms. The number of hydrogen-bond acceptors (Lipinski definition) is 4. The Kier molecular flexibility index (Phi) is 5.08. The van der Waals surface area contributed by atoms with Gasteiger partial charge in [-0.05, 0) is 62.5 Å². The van der Waals surface area contributed by atoms with Gasteiger partial charge in [-0.25, -0.2) is 4.98 Å². The van der Waals surface area contributed by atoms with Gasteiger partial charge in [-0.1, -0.05) is 0 Å². The minimum absolute atomic E-state index is 0.0896. The lowest BCUT2D eigenvalue weighted by molar-refractivity contribution is -0.116. The van der Waals surface area contributed by atoms with Crippen molar-refractivity contribution >= 4 is 11.6 Å². The third kappa shape index (κ3) is 4.42. The number of aromatic nitrogens is 1. The lowest BCUT2D eigenvalue weighted by Gasteiger charge is -2.22. The van der Waals surface area contributed by atoms with E-state index in [0.29, 0.717) is 18.2 Å². The molecule has 0 bridgehead atoms. The smallest absolute Gasteiger partial charge is 0.224 e. The van der Waals surface area contributed by atoms with Gasteiger partial charge < -0.3 is 15.1 Å². The summed E-state index contributed by atoms with van der Waals surface area (Å²) in [5, 5.41) is 6.31. The summed E-state index contributed by atoms with van der Waals surface area (Å²) in [4.78, 5) is 16.1. The Hall–Kier alpha value is -2.14. The van der Waals surface area contributed by atoms with Crippen LogP contribution in [0.15, 0.2) is 34.9 Å². The fraction of sp³-hybridized carbons (Fsp3) is 0.444. The average Bonchev–Trinajstić information content (AvgIpc) is 3.01. The highest BCUT2D eigenvalue weighted by Crippen LogP contribution is 2.22. The first-order chi connectivity index (χ1) is 11.2. The van der Waals surface area contributed by atoms with Crippen molar-refractivity contribution in [1.29, 1.82) is 0 Å². The molecule has 0 unspecified atom stereocenters. The van der Waals surface area contributed by atoms with Crippen LogP contribution in [0.5, 0.6) is 0 Å². The van der Waals surface area contributed by atoms with Gasteiger partial charge in [0.25, 0.3) is 0 Å². The number of nitrogens with zero attached hydrogens (tertiary/aromatic N) is 1. The highest BCUT2D eigenvalue weighted by molar-refractivity contribution is 5.90. The first-order valence-electron chi connectivity index (χ1n) is 8.24. The summed E-state index contributed by atoms with van der Waals surface area (Å²) in [6.45, 7) is 3.98. The number of rotatable bonds is 5. The van der Waals surface area contributed by atoms with Crippen LogP contribution in [0.3, 0.4) is 0 Å². The second-order valence-corrected chi connectivity index (χ2v) is 6.10. The van der Waals surface area contributed by atoms with Crippen molar-refractivity contribution in [2.24, 2.45) is 5.92 Å². The summed E-state index contributed by atoms with van der Waals surface area (Å²) in [6.07, 6.45) is 5.63. The second kappa shape index (κ2) is 7.42. The van der Waals surface area contributed by atoms with E-state index in [9.17, 15) is 4.79 Å². The number of anilines is 1. The summed E-state index contributed by atoms with van der Waals surface area (Å²) >= 11 is 0. The lowest BCUT2D eigenvalue weighted by atomic mass is 9.93. The second-order valence-electron chi connectivity index (χ2n) is 6.10. The summed E-state index contributed by atoms with van der Waals surface area (Å²) < 4.78 is 5.49. The third-order valence-electron chi connectivity index (χ3n) is 4.31. The Morgan fingerprint density at radius 3 is 2.70 bits per heavy atom. The fourth-order valence-corrected chi connectivity index (χ4v) is 2.94. The number of nitrogens with one attached hydrogen (secondary N) is 2. The fourth-order valence-electron chi connectivity index (χ4n) is 2.94. The Morgan fingerprint density at radius 1 is 1.30 bits per heavy atom. The normalized spacial score (nSPS) is 15.5. The average molecular weight is 313 g/mol. The maximum absolute atomic E-state index is 12.1. The predicted molar refractivity (Wildman–Crippen MR) is 90.1 cm³/mol. The molecule has 1 saturated heterocycles. The first kappa shape index (κ1) is 15.7. The van der Waals surface area contributed by atoms with Crippen molar-refractivity contribution in [3.8, 4) is 11.3 Å². The summed E-state index contributed by atoms with van der Waals surface area (Å²) in [5.74, 6) is 2.16. The number of aryl methyl sites for hydroxylation is 1. The highest BCUT2D eigenvalue weighted by atomic mass is 16.4. The Balaban J connectivity index is 1.50. The molecule has 1 aliphatic heterocycles. The molecule has 2 N–H and O–H groups in total. The molecule has 2 aromatic rings. The molecular formula is C18H23N3O2. The van der Waals surface area contributed by atoms with Gasteiger partial charge in [0, 0.05) is 24.6 Å². The number of benzene rings is 1. The van der Waals surface area contributed by atoms with Gasteiger partial charge in [0.15, 0.2) is 11.7 Å². The minimum Gasteiger partial charge on any atom is -0.441 e. The van der Waals surface area contributed by atoms with Gasteiger partial charge in [-0.3, -0.25) is 4.79 Å². The van der Waals surface area contributed by atoms with Crippen molar-refractivity contribution < 1.29 is 9.21 Å². The third-order valence-corrected chi connectivity index (χ3v) is 4.31. The number of piperidine rings is 1. The number of oxazole rings is 1. The molecule has 0 aliphatic carbocycles. The molecule has 0 spiro atoms. The molecule has 1 aliphatic rings. The molecule has 5 nitrogen and oxygen atoms in total. The largest absolute Gasteiger partial charge is 0.441 e. The summed E-state index contributed by atoms with van der Waals surface area (Å²) in [6, 6.07) is 7.66. The van der Waals surface area contributed by atoms with E-state index < -0.39 is 0 Å². The number of carbonyl (C=O) groups excluding carboxylic acids is 1. The summed E-state index contributed by atoms with van der Waals surface area (Å²) in [7, 11) is 0. The molecule has 2 heterocycles. The van der Waals surface area contributed by atoms with Crippen molar-refractivity contribution in [3.63, 3.8) is 0 Å². The Labute approximate surface area is 136 Å². The van der Waals surface area contributed by atoms with Gasteiger partial charge in [0.05, 0.1) is 6.20 Å². The zero-order valence-electron chi connectivity index (χ0n) is 13.5. The van der Waals surface area contributed by atoms with Crippen LogP contribution in [0.25, 0.3) is 11.3 Å². The Morgan fingerprint density at radius 2 is 2.04 bits per heavy atom. The van der Waals surface area contributed by atoms with Crippen LogP contribution in [0, 0.1) is 12.8 Å². The zero-order chi connectivity index (χ0) is 16.1. The van der Waals surface area contributed by atoms with Gasteiger partial charge in [0.2, 0.25) is 5.91 Å². The lowest BCUT2D eigenvalue weighted by Crippen LogP contribution is -2.28. The van der Waals surface area contributed by atoms with Crippen LogP contribution in [-0.2, 0) is 4.79 Å². The maximum Gasteiger partial charge on any atom is 0.224 e. The molecule has 1 amide bonds. The van der Waals surface area contributed by atoms with E-state index in [4.69, 9.17) is 4.42 Å². The van der Waals surface area contributed by atoms with Crippen molar-refractivity contribution in [3.05, 3.63) is 36.4 Å². The van der Waals surface area contributed by atoms with Crippen molar-refractivity contribution in [1.82, 2.24) is 10.3 Å². The number of carbonyl (C=O) groups is 1. The van der Waals surface area contributed by atoms with Crippen LogP contribution in [-0.4, -0.2) is 24.0 Å². The van der Waals surface area contributed by atoms with Crippen LogP contribution in [0.4, 0.5) is 5.69 Å². The van der Waals surface area contributed by atoms with Crippen LogP contribution in [0.1, 0.15) is 31.6 Å². The molecular weight excluding hydrogens is 290 g/mol. The quantitative estimate of drug-likeness (QED) is 0.888. The van der Waals surface area contributed by atoms with E-state index in [1.807, 2.05) is 31.2 Å². The molecule has 1 fully saturated rings.